The normalized spacial score (nSPS) is 22.7. The number of benzene rings is 1. The highest BCUT2D eigenvalue weighted by Gasteiger charge is 2.35. The summed E-state index contributed by atoms with van der Waals surface area (Å²) < 4.78 is 1.91. The second-order valence-electron chi connectivity index (χ2n) is 7.92. The summed E-state index contributed by atoms with van der Waals surface area (Å²) in [6, 6.07) is 10.2. The number of hydrogen-bond donors (Lipinski definition) is 0. The highest BCUT2D eigenvalue weighted by atomic mass is 16.2. The molecule has 0 spiro atoms. The quantitative estimate of drug-likeness (QED) is 0.801. The molecule has 146 valence electrons. The number of rotatable bonds is 3. The third-order valence-corrected chi connectivity index (χ3v) is 5.88. The summed E-state index contributed by atoms with van der Waals surface area (Å²) in [5.41, 5.74) is 2.12. The van der Waals surface area contributed by atoms with Gasteiger partial charge in [0.05, 0.1) is 13.0 Å². The van der Waals surface area contributed by atoms with Gasteiger partial charge in [0.2, 0.25) is 17.8 Å². The Morgan fingerprint density at radius 1 is 1.07 bits per heavy atom. The number of likely N-dealkylation sites (tertiary alicyclic amines) is 1. The van der Waals surface area contributed by atoms with E-state index in [1.165, 1.54) is 0 Å². The van der Waals surface area contributed by atoms with Crippen LogP contribution >= 0.6 is 0 Å². The lowest BCUT2D eigenvalue weighted by Gasteiger charge is -2.35. The number of carbonyl (C=O) groups is 1. The van der Waals surface area contributed by atoms with E-state index in [0.29, 0.717) is 25.5 Å². The minimum Gasteiger partial charge on any atom is -0.337 e. The van der Waals surface area contributed by atoms with Gasteiger partial charge in [0.1, 0.15) is 0 Å². The Morgan fingerprint density at radius 3 is 2.64 bits per heavy atom. The number of nitrogens with zero attached hydrogens (tertiary/aromatic N) is 7. The number of likely N-dealkylation sites (N-methyl/N-ethyl adjacent to an activating group) is 1. The summed E-state index contributed by atoms with van der Waals surface area (Å²) >= 11 is 0. The SMILES string of the molecule is CN1CCN(c2nc3n(n2)CC2CN(Cc4ccccc4)C(=O)CC2=N3)CC1. The Balaban J connectivity index is 1.32. The zero-order valence-corrected chi connectivity index (χ0v) is 16.2. The molecule has 1 aromatic heterocycles. The van der Waals surface area contributed by atoms with Gasteiger partial charge >= 0.3 is 0 Å². The number of carbonyl (C=O) groups excluding carboxylic acids is 1. The van der Waals surface area contributed by atoms with Gasteiger partial charge in [-0.2, -0.15) is 4.98 Å². The third-order valence-electron chi connectivity index (χ3n) is 5.88. The van der Waals surface area contributed by atoms with Crippen molar-refractivity contribution in [3.8, 4) is 0 Å². The Bertz CT molecular complexity index is 899. The molecule has 2 fully saturated rings. The molecule has 0 aliphatic carbocycles. The van der Waals surface area contributed by atoms with Crippen LogP contribution in [0.5, 0.6) is 0 Å². The zero-order valence-electron chi connectivity index (χ0n) is 16.2. The first kappa shape index (κ1) is 17.4. The number of aromatic nitrogens is 3. The van der Waals surface area contributed by atoms with Gasteiger partial charge < -0.3 is 14.7 Å². The Morgan fingerprint density at radius 2 is 1.86 bits per heavy atom. The van der Waals surface area contributed by atoms with E-state index in [1.807, 2.05) is 27.8 Å². The number of piperazine rings is 1. The van der Waals surface area contributed by atoms with Crippen LogP contribution in [0.15, 0.2) is 35.3 Å². The summed E-state index contributed by atoms with van der Waals surface area (Å²) in [4.78, 5) is 28.5. The standard InChI is InChI=1S/C20H25N7O/c1-24-7-9-25(10-8-24)20-22-19-21-17-11-18(28)26(12-15-5-3-2-4-6-15)13-16(17)14-27(19)23-20/h2-6,16H,7-14H2,1H3. The number of piperidine rings is 1. The molecule has 28 heavy (non-hydrogen) atoms. The van der Waals surface area contributed by atoms with Crippen molar-refractivity contribution in [1.82, 2.24) is 24.6 Å². The second kappa shape index (κ2) is 7.01. The molecule has 1 unspecified atom stereocenters. The molecule has 4 heterocycles. The average Bonchev–Trinajstić information content (AvgIpc) is 3.11. The molecule has 5 rings (SSSR count). The smallest absolute Gasteiger partial charge is 0.249 e. The second-order valence-corrected chi connectivity index (χ2v) is 7.92. The molecule has 8 nitrogen and oxygen atoms in total. The van der Waals surface area contributed by atoms with Crippen molar-refractivity contribution in [2.24, 2.45) is 10.9 Å². The van der Waals surface area contributed by atoms with Crippen LogP contribution in [-0.4, -0.2) is 76.0 Å². The lowest BCUT2D eigenvalue weighted by Crippen LogP contribution is -2.46. The Labute approximate surface area is 164 Å². The lowest BCUT2D eigenvalue weighted by molar-refractivity contribution is -0.132. The maximum absolute atomic E-state index is 12.6. The molecule has 0 N–H and O–H groups in total. The van der Waals surface area contributed by atoms with Crippen molar-refractivity contribution in [2.45, 2.75) is 19.5 Å². The van der Waals surface area contributed by atoms with Gasteiger partial charge in [-0.1, -0.05) is 30.3 Å². The maximum atomic E-state index is 12.6. The lowest BCUT2D eigenvalue weighted by atomic mass is 9.93. The summed E-state index contributed by atoms with van der Waals surface area (Å²) in [6.07, 6.45) is 0.383. The zero-order chi connectivity index (χ0) is 19.1. The van der Waals surface area contributed by atoms with Gasteiger partial charge in [0.15, 0.2) is 0 Å². The van der Waals surface area contributed by atoms with E-state index in [-0.39, 0.29) is 11.8 Å². The molecule has 0 bridgehead atoms. The van der Waals surface area contributed by atoms with Gasteiger partial charge in [-0.05, 0) is 12.6 Å². The van der Waals surface area contributed by atoms with Crippen LogP contribution in [0.4, 0.5) is 11.9 Å². The van der Waals surface area contributed by atoms with Crippen LogP contribution in [0.25, 0.3) is 0 Å². The van der Waals surface area contributed by atoms with Crippen LogP contribution < -0.4 is 4.90 Å². The summed E-state index contributed by atoms with van der Waals surface area (Å²) in [5.74, 6) is 1.77. The van der Waals surface area contributed by atoms with Crippen molar-refractivity contribution in [2.75, 3.05) is 44.7 Å². The fourth-order valence-electron chi connectivity index (χ4n) is 4.14. The topological polar surface area (TPSA) is 69.9 Å². The highest BCUT2D eigenvalue weighted by Crippen LogP contribution is 2.29. The van der Waals surface area contributed by atoms with E-state index in [4.69, 9.17) is 10.1 Å². The minimum atomic E-state index is 0.145. The van der Waals surface area contributed by atoms with Crippen LogP contribution in [0.3, 0.4) is 0 Å². The van der Waals surface area contributed by atoms with E-state index >= 15 is 0 Å². The van der Waals surface area contributed by atoms with Gasteiger partial charge in [-0.25, -0.2) is 9.67 Å². The Hall–Kier alpha value is -2.74. The fraction of sp³-hybridized carbons (Fsp3) is 0.500. The fourth-order valence-corrected chi connectivity index (χ4v) is 4.14. The van der Waals surface area contributed by atoms with Crippen LogP contribution in [0, 0.1) is 5.92 Å². The molecule has 3 aliphatic rings. The largest absolute Gasteiger partial charge is 0.337 e. The van der Waals surface area contributed by atoms with Crippen LogP contribution in [0.2, 0.25) is 0 Å². The van der Waals surface area contributed by atoms with Crippen molar-refractivity contribution in [3.05, 3.63) is 35.9 Å². The molecular formula is C20H25N7O. The first-order chi connectivity index (χ1) is 13.7. The van der Waals surface area contributed by atoms with Gasteiger partial charge in [0.25, 0.3) is 0 Å². The number of anilines is 1. The van der Waals surface area contributed by atoms with E-state index < -0.39 is 0 Å². The molecule has 0 radical (unpaired) electrons. The van der Waals surface area contributed by atoms with Gasteiger partial charge in [-0.3, -0.25) is 4.79 Å². The third kappa shape index (κ3) is 3.28. The molecule has 1 amide bonds. The van der Waals surface area contributed by atoms with Crippen molar-refractivity contribution >= 4 is 23.5 Å². The molecular weight excluding hydrogens is 354 g/mol. The van der Waals surface area contributed by atoms with Gasteiger partial charge in [0, 0.05) is 50.9 Å². The first-order valence-electron chi connectivity index (χ1n) is 9.93. The summed E-state index contributed by atoms with van der Waals surface area (Å²) in [6.45, 7) is 5.99. The summed E-state index contributed by atoms with van der Waals surface area (Å²) in [5, 5.41) is 4.72. The van der Waals surface area contributed by atoms with Crippen molar-refractivity contribution in [3.63, 3.8) is 0 Å². The highest BCUT2D eigenvalue weighted by molar-refractivity contribution is 6.05. The summed E-state index contributed by atoms with van der Waals surface area (Å²) in [7, 11) is 2.14. The molecule has 2 saturated heterocycles. The van der Waals surface area contributed by atoms with Crippen molar-refractivity contribution in [1.29, 1.82) is 0 Å². The van der Waals surface area contributed by atoms with Gasteiger partial charge in [-0.15, -0.1) is 5.10 Å². The van der Waals surface area contributed by atoms with Crippen LogP contribution in [0.1, 0.15) is 12.0 Å². The Kier molecular flexibility index (Phi) is 4.35. The monoisotopic (exact) mass is 379 g/mol. The van der Waals surface area contributed by atoms with Crippen LogP contribution in [-0.2, 0) is 17.9 Å². The average molecular weight is 379 g/mol. The number of amides is 1. The predicted molar refractivity (Wildman–Crippen MR) is 107 cm³/mol. The van der Waals surface area contributed by atoms with E-state index in [2.05, 4.69) is 34.0 Å². The number of aliphatic imine (C=N–C) groups is 1. The van der Waals surface area contributed by atoms with E-state index in [0.717, 1.165) is 49.9 Å². The molecule has 8 heteroatoms. The van der Waals surface area contributed by atoms with E-state index in [9.17, 15) is 4.79 Å². The molecule has 2 aromatic rings. The number of hydrogen-bond acceptors (Lipinski definition) is 6. The molecule has 0 saturated carbocycles. The van der Waals surface area contributed by atoms with E-state index in [1.54, 1.807) is 0 Å². The van der Waals surface area contributed by atoms with Crippen molar-refractivity contribution < 1.29 is 4.79 Å². The first-order valence-corrected chi connectivity index (χ1v) is 9.93. The predicted octanol–water partition coefficient (Wildman–Crippen LogP) is 1.16. The molecule has 1 aromatic carbocycles. The number of fused-ring (bicyclic) bond motifs is 2. The minimum absolute atomic E-state index is 0.145. The maximum Gasteiger partial charge on any atom is 0.249 e. The molecule has 3 aliphatic heterocycles. The molecule has 1 atom stereocenters.